The van der Waals surface area contributed by atoms with E-state index in [1.807, 2.05) is 6.26 Å². The highest BCUT2D eigenvalue weighted by Gasteiger charge is 2.23. The Balaban J connectivity index is 2.94. The molecule has 0 fully saturated rings. The van der Waals surface area contributed by atoms with E-state index in [1.165, 1.54) is 11.8 Å². The van der Waals surface area contributed by atoms with Crippen molar-refractivity contribution in [1.82, 2.24) is 0 Å². The minimum atomic E-state index is -1.05. The number of nitro benzene ring substituents is 1. The molecule has 19 heavy (non-hydrogen) atoms. The molecule has 0 aromatic heterocycles. The van der Waals surface area contributed by atoms with E-state index in [0.717, 1.165) is 12.1 Å². The predicted molar refractivity (Wildman–Crippen MR) is 75.6 cm³/mol. The summed E-state index contributed by atoms with van der Waals surface area (Å²) < 4.78 is 13.3. The number of nitrogens with zero attached hydrogens (tertiary/aromatic N) is 1. The van der Waals surface area contributed by atoms with E-state index >= 15 is 0 Å². The normalized spacial score (nSPS) is 13.9. The molecule has 0 aliphatic rings. The van der Waals surface area contributed by atoms with Gasteiger partial charge in [-0.05, 0) is 13.2 Å². The standard InChI is InChI=1S/C11H14ClFN2O3S/c1-11(16,6-19-2)5-14-9-4-8(13)7(12)3-10(9)15(17)18/h3-4,14,16H,5-6H2,1-2H3. The van der Waals surface area contributed by atoms with Gasteiger partial charge in [-0.15, -0.1) is 0 Å². The first kappa shape index (κ1) is 16.0. The molecule has 8 heteroatoms. The Hall–Kier alpha value is -1.05. The zero-order valence-corrected chi connectivity index (χ0v) is 12.0. The molecule has 5 nitrogen and oxygen atoms in total. The summed E-state index contributed by atoms with van der Waals surface area (Å²) in [7, 11) is 0. The van der Waals surface area contributed by atoms with Crippen LogP contribution in [0.5, 0.6) is 0 Å². The second-order valence-corrected chi connectivity index (χ2v) is 5.60. The highest BCUT2D eigenvalue weighted by atomic mass is 35.5. The van der Waals surface area contributed by atoms with Crippen molar-refractivity contribution in [1.29, 1.82) is 0 Å². The van der Waals surface area contributed by atoms with Gasteiger partial charge in [0.2, 0.25) is 0 Å². The molecule has 0 saturated carbocycles. The maximum absolute atomic E-state index is 13.3. The Labute approximate surface area is 119 Å². The molecule has 106 valence electrons. The molecule has 1 aromatic carbocycles. The van der Waals surface area contributed by atoms with Crippen LogP contribution in [0.2, 0.25) is 5.02 Å². The summed E-state index contributed by atoms with van der Waals surface area (Å²) in [4.78, 5) is 10.2. The Bertz CT molecular complexity index is 485. The summed E-state index contributed by atoms with van der Waals surface area (Å²) in [5.74, 6) is -0.302. The summed E-state index contributed by atoms with van der Waals surface area (Å²) >= 11 is 6.95. The Morgan fingerprint density at radius 2 is 2.26 bits per heavy atom. The number of anilines is 1. The Kier molecular flexibility index (Phi) is 5.39. The highest BCUT2D eigenvalue weighted by molar-refractivity contribution is 7.98. The van der Waals surface area contributed by atoms with E-state index < -0.39 is 16.3 Å². The van der Waals surface area contributed by atoms with E-state index in [0.29, 0.717) is 5.75 Å². The van der Waals surface area contributed by atoms with Gasteiger partial charge in [-0.2, -0.15) is 11.8 Å². The molecule has 1 unspecified atom stereocenters. The second-order valence-electron chi connectivity index (χ2n) is 4.32. The lowest BCUT2D eigenvalue weighted by molar-refractivity contribution is -0.384. The van der Waals surface area contributed by atoms with Crippen LogP contribution in [0.1, 0.15) is 6.92 Å². The van der Waals surface area contributed by atoms with Crippen LogP contribution >= 0.6 is 23.4 Å². The van der Waals surface area contributed by atoms with Crippen LogP contribution in [0.15, 0.2) is 12.1 Å². The summed E-state index contributed by atoms with van der Waals surface area (Å²) in [5.41, 5.74) is -1.39. The topological polar surface area (TPSA) is 75.4 Å². The number of hydrogen-bond acceptors (Lipinski definition) is 5. The second kappa shape index (κ2) is 6.40. The summed E-state index contributed by atoms with van der Waals surface area (Å²) in [6.45, 7) is 1.66. The first-order chi connectivity index (χ1) is 8.76. The average molecular weight is 309 g/mol. The van der Waals surface area contributed by atoms with Gasteiger partial charge in [0.05, 0.1) is 15.5 Å². The zero-order chi connectivity index (χ0) is 14.6. The Morgan fingerprint density at radius 1 is 1.63 bits per heavy atom. The molecule has 0 bridgehead atoms. The molecule has 1 rings (SSSR count). The summed E-state index contributed by atoms with van der Waals surface area (Å²) in [5, 5.41) is 23.2. The van der Waals surface area contributed by atoms with Crippen molar-refractivity contribution in [3.05, 3.63) is 33.1 Å². The van der Waals surface area contributed by atoms with Crippen molar-refractivity contribution in [3.63, 3.8) is 0 Å². The number of rotatable bonds is 6. The van der Waals surface area contributed by atoms with E-state index in [4.69, 9.17) is 11.6 Å². The fraction of sp³-hybridized carbons (Fsp3) is 0.455. The quantitative estimate of drug-likeness (QED) is 0.624. The van der Waals surface area contributed by atoms with Gasteiger partial charge in [0, 0.05) is 24.4 Å². The van der Waals surface area contributed by atoms with Gasteiger partial charge in [-0.3, -0.25) is 10.1 Å². The third kappa shape index (κ3) is 4.52. The van der Waals surface area contributed by atoms with Crippen molar-refractivity contribution in [2.24, 2.45) is 0 Å². The lowest BCUT2D eigenvalue weighted by Gasteiger charge is -2.23. The van der Waals surface area contributed by atoms with Gasteiger partial charge >= 0.3 is 0 Å². The predicted octanol–water partition coefficient (Wildman–Crippen LogP) is 2.91. The molecule has 0 amide bonds. The van der Waals surface area contributed by atoms with E-state index in [2.05, 4.69) is 5.32 Å². The third-order valence-electron chi connectivity index (χ3n) is 2.35. The molecule has 1 aromatic rings. The first-order valence-electron chi connectivity index (χ1n) is 5.35. The van der Waals surface area contributed by atoms with Crippen LogP contribution in [-0.4, -0.2) is 34.2 Å². The van der Waals surface area contributed by atoms with Gasteiger partial charge in [0.15, 0.2) is 0 Å². The minimum Gasteiger partial charge on any atom is -0.387 e. The zero-order valence-electron chi connectivity index (χ0n) is 10.4. The van der Waals surface area contributed by atoms with Crippen LogP contribution in [0.3, 0.4) is 0 Å². The molecule has 2 N–H and O–H groups in total. The molecule has 1 atom stereocenters. The Morgan fingerprint density at radius 3 is 2.79 bits per heavy atom. The van der Waals surface area contributed by atoms with Gasteiger partial charge < -0.3 is 10.4 Å². The molecule has 0 aliphatic carbocycles. The monoisotopic (exact) mass is 308 g/mol. The minimum absolute atomic E-state index is 0.00622. The molecule has 0 aliphatic heterocycles. The fourth-order valence-electron chi connectivity index (χ4n) is 1.48. The molecular formula is C11H14ClFN2O3S. The fourth-order valence-corrected chi connectivity index (χ4v) is 2.36. The van der Waals surface area contributed by atoms with Crippen molar-refractivity contribution < 1.29 is 14.4 Å². The molecular weight excluding hydrogens is 295 g/mol. The van der Waals surface area contributed by atoms with Crippen molar-refractivity contribution in [2.75, 3.05) is 23.9 Å². The van der Waals surface area contributed by atoms with Crippen LogP contribution in [0.25, 0.3) is 0 Å². The first-order valence-corrected chi connectivity index (χ1v) is 7.12. The van der Waals surface area contributed by atoms with Crippen molar-refractivity contribution in [2.45, 2.75) is 12.5 Å². The third-order valence-corrected chi connectivity index (χ3v) is 3.55. The number of aliphatic hydroxyl groups is 1. The number of hydrogen-bond donors (Lipinski definition) is 2. The maximum atomic E-state index is 13.3. The number of benzene rings is 1. The largest absolute Gasteiger partial charge is 0.387 e. The van der Waals surface area contributed by atoms with Gasteiger partial charge in [-0.1, -0.05) is 11.6 Å². The lowest BCUT2D eigenvalue weighted by Crippen LogP contribution is -2.36. The van der Waals surface area contributed by atoms with Crippen molar-refractivity contribution >= 4 is 34.7 Å². The van der Waals surface area contributed by atoms with E-state index in [1.54, 1.807) is 6.92 Å². The van der Waals surface area contributed by atoms with Crippen LogP contribution in [0, 0.1) is 15.9 Å². The summed E-state index contributed by atoms with van der Waals surface area (Å²) in [6.07, 6.45) is 1.83. The maximum Gasteiger partial charge on any atom is 0.294 e. The molecule has 0 spiro atoms. The summed E-state index contributed by atoms with van der Waals surface area (Å²) in [6, 6.07) is 1.90. The number of halogens is 2. The molecule has 0 radical (unpaired) electrons. The highest BCUT2D eigenvalue weighted by Crippen LogP contribution is 2.30. The van der Waals surface area contributed by atoms with Crippen LogP contribution < -0.4 is 5.32 Å². The molecule has 0 saturated heterocycles. The van der Waals surface area contributed by atoms with E-state index in [-0.39, 0.29) is 22.9 Å². The molecule has 0 heterocycles. The van der Waals surface area contributed by atoms with Crippen LogP contribution in [0.4, 0.5) is 15.8 Å². The van der Waals surface area contributed by atoms with Crippen molar-refractivity contribution in [3.8, 4) is 0 Å². The van der Waals surface area contributed by atoms with Gasteiger partial charge in [0.25, 0.3) is 5.69 Å². The van der Waals surface area contributed by atoms with Gasteiger partial charge in [0.1, 0.15) is 11.5 Å². The number of nitrogens with one attached hydrogen (secondary N) is 1. The number of nitro groups is 1. The lowest BCUT2D eigenvalue weighted by atomic mass is 10.1. The SMILES string of the molecule is CSCC(C)(O)CNc1cc(F)c(Cl)cc1[N+](=O)[O-]. The van der Waals surface area contributed by atoms with Gasteiger partial charge in [-0.25, -0.2) is 4.39 Å². The average Bonchev–Trinajstić information content (AvgIpc) is 2.30. The smallest absolute Gasteiger partial charge is 0.294 e. The van der Waals surface area contributed by atoms with E-state index in [9.17, 15) is 19.6 Å². The number of thioether (sulfide) groups is 1. The van der Waals surface area contributed by atoms with Crippen LogP contribution in [-0.2, 0) is 0 Å².